The van der Waals surface area contributed by atoms with Crippen LogP contribution in [0.15, 0.2) is 56.9 Å². The van der Waals surface area contributed by atoms with Gasteiger partial charge in [0.05, 0.1) is 15.9 Å². The van der Waals surface area contributed by atoms with E-state index in [9.17, 15) is 18.0 Å². The number of nitrogens with one attached hydrogen (secondary N) is 3. The van der Waals surface area contributed by atoms with Crippen molar-refractivity contribution in [2.75, 3.05) is 25.5 Å². The lowest BCUT2D eigenvalue weighted by Crippen LogP contribution is -2.29. The normalized spacial score (nSPS) is 11.6. The maximum atomic E-state index is 12.5. The lowest BCUT2D eigenvalue weighted by Gasteiger charge is -2.13. The maximum Gasteiger partial charge on any atom is 0.314 e. The molecule has 3 N–H and O–H groups in total. The van der Waals surface area contributed by atoms with Gasteiger partial charge in [-0.05, 0) is 42.3 Å². The first-order valence-corrected chi connectivity index (χ1v) is 9.77. The van der Waals surface area contributed by atoms with Crippen molar-refractivity contribution in [3.05, 3.63) is 68.7 Å². The SMILES string of the molecule is CN(C)c1ccc(CCNS(=O)(=O)c2ccc3[nH]c(=O)c(=O)[nH]c3c2)cc1. The first-order valence-electron chi connectivity index (χ1n) is 8.28. The number of aromatic nitrogens is 2. The van der Waals surface area contributed by atoms with Gasteiger partial charge in [0.1, 0.15) is 0 Å². The van der Waals surface area contributed by atoms with E-state index in [4.69, 9.17) is 0 Å². The molecule has 0 saturated heterocycles. The molecule has 0 spiro atoms. The molecule has 1 aromatic heterocycles. The first kappa shape index (κ1) is 18.9. The Morgan fingerprint density at radius 2 is 1.56 bits per heavy atom. The summed E-state index contributed by atoms with van der Waals surface area (Å²) in [5, 5.41) is 0. The van der Waals surface area contributed by atoms with Gasteiger partial charge in [0.25, 0.3) is 0 Å². The highest BCUT2D eigenvalue weighted by Gasteiger charge is 2.14. The van der Waals surface area contributed by atoms with Crippen LogP contribution in [0.2, 0.25) is 0 Å². The molecule has 0 fully saturated rings. The lowest BCUT2D eigenvalue weighted by atomic mass is 10.1. The molecule has 27 heavy (non-hydrogen) atoms. The van der Waals surface area contributed by atoms with Crippen LogP contribution in [0.1, 0.15) is 5.56 Å². The molecule has 2 aromatic carbocycles. The minimum absolute atomic E-state index is 0.0145. The Hall–Kier alpha value is -2.91. The number of hydrogen-bond acceptors (Lipinski definition) is 5. The Morgan fingerprint density at radius 3 is 2.19 bits per heavy atom. The standard InChI is InChI=1S/C18H20N4O4S/c1-22(2)13-5-3-12(4-6-13)9-10-19-27(25,26)14-7-8-15-16(11-14)21-18(24)17(23)20-15/h3-8,11,19H,9-10H2,1-2H3,(H,20,23)(H,21,24). The van der Waals surface area contributed by atoms with Crippen molar-refractivity contribution in [3.63, 3.8) is 0 Å². The number of anilines is 1. The summed E-state index contributed by atoms with van der Waals surface area (Å²) in [4.78, 5) is 29.5. The summed E-state index contributed by atoms with van der Waals surface area (Å²) >= 11 is 0. The smallest absolute Gasteiger partial charge is 0.314 e. The molecule has 0 aliphatic heterocycles. The summed E-state index contributed by atoms with van der Waals surface area (Å²) in [6, 6.07) is 12.0. The second-order valence-electron chi connectivity index (χ2n) is 6.32. The minimum Gasteiger partial charge on any atom is -0.378 e. The largest absolute Gasteiger partial charge is 0.378 e. The van der Waals surface area contributed by atoms with Gasteiger partial charge < -0.3 is 14.9 Å². The number of rotatable bonds is 6. The molecule has 0 amide bonds. The Balaban J connectivity index is 1.72. The zero-order valence-corrected chi connectivity index (χ0v) is 15.8. The minimum atomic E-state index is -3.74. The molecular weight excluding hydrogens is 368 g/mol. The number of H-pyrrole nitrogens is 2. The Bertz CT molecular complexity index is 1180. The third kappa shape index (κ3) is 4.26. The molecule has 3 rings (SSSR count). The van der Waals surface area contributed by atoms with Gasteiger partial charge in [0, 0.05) is 26.3 Å². The zero-order chi connectivity index (χ0) is 19.6. The van der Waals surface area contributed by atoms with Crippen LogP contribution in [0.25, 0.3) is 11.0 Å². The fourth-order valence-corrected chi connectivity index (χ4v) is 3.69. The van der Waals surface area contributed by atoms with Crippen LogP contribution in [-0.2, 0) is 16.4 Å². The quantitative estimate of drug-likeness (QED) is 0.541. The van der Waals surface area contributed by atoms with Crippen molar-refractivity contribution >= 4 is 26.7 Å². The molecule has 0 aliphatic carbocycles. The monoisotopic (exact) mass is 388 g/mol. The Labute approximate surface area is 155 Å². The van der Waals surface area contributed by atoms with Crippen LogP contribution in [0.4, 0.5) is 5.69 Å². The summed E-state index contributed by atoms with van der Waals surface area (Å²) in [6.07, 6.45) is 0.546. The Kier molecular flexibility index (Phi) is 5.15. The first-order chi connectivity index (χ1) is 12.8. The van der Waals surface area contributed by atoms with E-state index in [1.165, 1.54) is 18.2 Å². The Morgan fingerprint density at radius 1 is 0.926 bits per heavy atom. The van der Waals surface area contributed by atoms with Gasteiger partial charge in [-0.25, -0.2) is 13.1 Å². The van der Waals surface area contributed by atoms with E-state index in [0.29, 0.717) is 11.9 Å². The van der Waals surface area contributed by atoms with Crippen molar-refractivity contribution in [1.82, 2.24) is 14.7 Å². The molecule has 142 valence electrons. The van der Waals surface area contributed by atoms with Crippen molar-refractivity contribution in [2.45, 2.75) is 11.3 Å². The average molecular weight is 388 g/mol. The molecule has 0 radical (unpaired) electrons. The number of fused-ring (bicyclic) bond motifs is 1. The van der Waals surface area contributed by atoms with E-state index in [0.717, 1.165) is 11.3 Å². The molecular formula is C18H20N4O4S. The fourth-order valence-electron chi connectivity index (χ4n) is 2.63. The zero-order valence-electron chi connectivity index (χ0n) is 14.9. The molecule has 9 heteroatoms. The summed E-state index contributed by atoms with van der Waals surface area (Å²) in [7, 11) is 0.169. The van der Waals surface area contributed by atoms with Gasteiger partial charge in [0.15, 0.2) is 0 Å². The van der Waals surface area contributed by atoms with E-state index >= 15 is 0 Å². The lowest BCUT2D eigenvalue weighted by molar-refractivity contribution is 0.581. The van der Waals surface area contributed by atoms with Crippen LogP contribution in [0.5, 0.6) is 0 Å². The second-order valence-corrected chi connectivity index (χ2v) is 8.09. The summed E-state index contributed by atoms with van der Waals surface area (Å²) in [6.45, 7) is 0.240. The predicted octanol–water partition coefficient (Wildman–Crippen LogP) is 0.803. The fraction of sp³-hybridized carbons (Fsp3) is 0.222. The van der Waals surface area contributed by atoms with Gasteiger partial charge in [-0.1, -0.05) is 12.1 Å². The highest BCUT2D eigenvalue weighted by atomic mass is 32.2. The average Bonchev–Trinajstić information content (AvgIpc) is 2.62. The molecule has 0 unspecified atom stereocenters. The summed E-state index contributed by atoms with van der Waals surface area (Å²) in [5.41, 5.74) is 1.09. The number of nitrogens with zero attached hydrogens (tertiary/aromatic N) is 1. The molecule has 0 saturated carbocycles. The molecule has 0 atom stereocenters. The van der Waals surface area contributed by atoms with Gasteiger partial charge in [0.2, 0.25) is 10.0 Å². The molecule has 0 aliphatic rings. The molecule has 1 heterocycles. The van der Waals surface area contributed by atoms with E-state index in [1.54, 1.807) is 0 Å². The van der Waals surface area contributed by atoms with Gasteiger partial charge in [-0.15, -0.1) is 0 Å². The van der Waals surface area contributed by atoms with Crippen molar-refractivity contribution in [1.29, 1.82) is 0 Å². The van der Waals surface area contributed by atoms with Crippen molar-refractivity contribution in [3.8, 4) is 0 Å². The van der Waals surface area contributed by atoms with Gasteiger partial charge >= 0.3 is 11.1 Å². The summed E-state index contributed by atoms with van der Waals surface area (Å²) in [5.74, 6) is 0. The van der Waals surface area contributed by atoms with Gasteiger partial charge in [-0.3, -0.25) is 9.59 Å². The number of benzene rings is 2. The van der Waals surface area contributed by atoms with Crippen LogP contribution in [0.3, 0.4) is 0 Å². The summed E-state index contributed by atoms with van der Waals surface area (Å²) < 4.78 is 27.5. The maximum absolute atomic E-state index is 12.5. The number of aromatic amines is 2. The topological polar surface area (TPSA) is 115 Å². The number of hydrogen-bond donors (Lipinski definition) is 3. The van der Waals surface area contributed by atoms with Gasteiger partial charge in [-0.2, -0.15) is 0 Å². The molecule has 3 aromatic rings. The number of sulfonamides is 1. The van der Waals surface area contributed by atoms with E-state index in [-0.39, 0.29) is 17.0 Å². The third-order valence-electron chi connectivity index (χ3n) is 4.16. The van der Waals surface area contributed by atoms with Crippen LogP contribution in [-0.4, -0.2) is 39.0 Å². The highest BCUT2D eigenvalue weighted by molar-refractivity contribution is 7.89. The molecule has 0 bridgehead atoms. The van der Waals surface area contributed by atoms with E-state index in [1.807, 2.05) is 43.3 Å². The van der Waals surface area contributed by atoms with Crippen LogP contribution in [0, 0.1) is 0 Å². The van der Waals surface area contributed by atoms with Crippen LogP contribution >= 0.6 is 0 Å². The van der Waals surface area contributed by atoms with E-state index in [2.05, 4.69) is 14.7 Å². The molecule has 8 nitrogen and oxygen atoms in total. The highest BCUT2D eigenvalue weighted by Crippen LogP contribution is 2.15. The van der Waals surface area contributed by atoms with Crippen LogP contribution < -0.4 is 20.7 Å². The second kappa shape index (κ2) is 7.37. The third-order valence-corrected chi connectivity index (χ3v) is 5.62. The van der Waals surface area contributed by atoms with Crippen molar-refractivity contribution in [2.24, 2.45) is 0 Å². The van der Waals surface area contributed by atoms with Crippen molar-refractivity contribution < 1.29 is 8.42 Å². The van der Waals surface area contributed by atoms with E-state index < -0.39 is 21.1 Å². The predicted molar refractivity (Wildman–Crippen MR) is 105 cm³/mol.